The molecule has 0 saturated heterocycles. The molecule has 0 amide bonds. The van der Waals surface area contributed by atoms with Crippen molar-refractivity contribution in [2.75, 3.05) is 6.61 Å². The molecule has 0 aromatic heterocycles. The Morgan fingerprint density at radius 1 is 1.05 bits per heavy atom. The number of hydrogen-bond acceptors (Lipinski definition) is 9. The molecular weight excluding hydrogens is 550 g/mol. The monoisotopic (exact) mass is 587 g/mol. The summed E-state index contributed by atoms with van der Waals surface area (Å²) in [6.07, 6.45) is 1.83. The van der Waals surface area contributed by atoms with Gasteiger partial charge in [0.15, 0.2) is 11.2 Å². The van der Waals surface area contributed by atoms with Crippen LogP contribution in [0.2, 0.25) is 0 Å². The third-order valence-electron chi connectivity index (χ3n) is 5.33. The standard InChI is InChI=1S/C27H31NO9S.C3H6/c1-4-12-25(23(5-2)28(31)32)38(33,34)37-24(19-35-17-21-13-8-6-9-14-21)26(27(3,30)20-29)36-18-22-15-10-7-11-16-22;1-3-2/h4-16,20,24,26,30H,1,17-19H2,2-3H3;3H,1H2,2H3/b23-5+,25-12+;. The average Bonchev–Trinajstić information content (AvgIpc) is 2.94. The SMILES string of the molecule is C=C/C=C(\C(=C/C)[N+](=O)[O-])S(=O)(=O)OC(COCc1ccccc1)C(OCc1ccccc1)C(C)(O)C=O.C=CC. The maximum Gasteiger partial charge on any atom is 0.304 e. The number of ether oxygens (including phenoxy) is 2. The van der Waals surface area contributed by atoms with Crippen LogP contribution in [-0.2, 0) is 41.8 Å². The van der Waals surface area contributed by atoms with Gasteiger partial charge < -0.3 is 19.4 Å². The zero-order valence-electron chi connectivity index (χ0n) is 23.4. The molecule has 1 N–H and O–H groups in total. The quantitative estimate of drug-likeness (QED) is 0.0725. The highest BCUT2D eigenvalue weighted by Crippen LogP contribution is 2.27. The van der Waals surface area contributed by atoms with Crippen molar-refractivity contribution in [1.82, 2.24) is 0 Å². The van der Waals surface area contributed by atoms with Gasteiger partial charge in [-0.3, -0.25) is 14.3 Å². The van der Waals surface area contributed by atoms with E-state index in [1.807, 2.05) is 13.0 Å². The molecular formula is C30H37NO9S. The third-order valence-corrected chi connectivity index (χ3v) is 6.71. The maximum absolute atomic E-state index is 13.3. The molecule has 3 atom stereocenters. The van der Waals surface area contributed by atoms with Crippen LogP contribution in [0.1, 0.15) is 31.9 Å². The van der Waals surface area contributed by atoms with Gasteiger partial charge in [-0.15, -0.1) is 6.58 Å². The van der Waals surface area contributed by atoms with Gasteiger partial charge in [0, 0.05) is 0 Å². The van der Waals surface area contributed by atoms with Crippen molar-refractivity contribution in [3.05, 3.63) is 130 Å². The van der Waals surface area contributed by atoms with Gasteiger partial charge in [-0.05, 0) is 44.1 Å². The van der Waals surface area contributed by atoms with Gasteiger partial charge in [-0.1, -0.05) is 79.4 Å². The van der Waals surface area contributed by atoms with E-state index < -0.39 is 50.1 Å². The van der Waals surface area contributed by atoms with E-state index in [4.69, 9.17) is 13.7 Å². The van der Waals surface area contributed by atoms with Crippen molar-refractivity contribution in [2.24, 2.45) is 0 Å². The Hall–Kier alpha value is -3.74. The number of nitrogens with zero attached hydrogens (tertiary/aromatic N) is 1. The van der Waals surface area contributed by atoms with E-state index in [0.29, 0.717) is 5.56 Å². The van der Waals surface area contributed by atoms with E-state index >= 15 is 0 Å². The van der Waals surface area contributed by atoms with Crippen molar-refractivity contribution in [1.29, 1.82) is 0 Å². The summed E-state index contributed by atoms with van der Waals surface area (Å²) < 4.78 is 43.5. The first-order chi connectivity index (χ1) is 19.5. The molecule has 0 fully saturated rings. The van der Waals surface area contributed by atoms with E-state index in [1.54, 1.807) is 60.7 Å². The van der Waals surface area contributed by atoms with E-state index in [9.17, 15) is 28.4 Å². The van der Waals surface area contributed by atoms with Gasteiger partial charge in [0.25, 0.3) is 5.70 Å². The van der Waals surface area contributed by atoms with Crippen molar-refractivity contribution < 1.29 is 36.9 Å². The van der Waals surface area contributed by atoms with E-state index in [0.717, 1.165) is 30.7 Å². The molecule has 10 nitrogen and oxygen atoms in total. The van der Waals surface area contributed by atoms with Crippen molar-refractivity contribution >= 4 is 16.4 Å². The topological polar surface area (TPSA) is 142 Å². The highest BCUT2D eigenvalue weighted by molar-refractivity contribution is 7.91. The zero-order valence-corrected chi connectivity index (χ0v) is 24.2. The zero-order chi connectivity index (χ0) is 30.9. The van der Waals surface area contributed by atoms with Gasteiger partial charge in [-0.25, -0.2) is 0 Å². The highest BCUT2D eigenvalue weighted by Gasteiger charge is 2.43. The molecule has 0 aliphatic carbocycles. The Balaban J connectivity index is 0.00000268. The normalized spacial score (nSPS) is 14.9. The van der Waals surface area contributed by atoms with Crippen LogP contribution in [0.5, 0.6) is 0 Å². The highest BCUT2D eigenvalue weighted by atomic mass is 32.2. The first-order valence-corrected chi connectivity index (χ1v) is 14.0. The molecule has 0 aliphatic rings. The lowest BCUT2D eigenvalue weighted by Gasteiger charge is -2.34. The first kappa shape index (κ1) is 35.3. The van der Waals surface area contributed by atoms with Crippen LogP contribution in [0.3, 0.4) is 0 Å². The van der Waals surface area contributed by atoms with Crippen molar-refractivity contribution in [2.45, 2.75) is 51.8 Å². The Bertz CT molecular complexity index is 1290. The fourth-order valence-electron chi connectivity index (χ4n) is 3.47. The lowest BCUT2D eigenvalue weighted by atomic mass is 9.96. The largest absolute Gasteiger partial charge is 0.380 e. The minimum absolute atomic E-state index is 0.0553. The fourth-order valence-corrected chi connectivity index (χ4v) is 4.77. The number of aliphatic hydroxyl groups is 1. The Labute approximate surface area is 241 Å². The molecule has 222 valence electrons. The van der Waals surface area contributed by atoms with Gasteiger partial charge in [0.05, 0.1) is 24.7 Å². The molecule has 3 unspecified atom stereocenters. The number of aldehydes is 1. The summed E-state index contributed by atoms with van der Waals surface area (Å²) in [4.78, 5) is 21.7. The fraction of sp³-hybridized carbons (Fsp3) is 0.300. The second-order valence-corrected chi connectivity index (χ2v) is 10.3. The van der Waals surface area contributed by atoms with E-state index in [2.05, 4.69) is 13.2 Å². The molecule has 2 rings (SSSR count). The minimum Gasteiger partial charge on any atom is -0.380 e. The number of allylic oxidation sites excluding steroid dienone is 4. The molecule has 0 radical (unpaired) electrons. The molecule has 0 heterocycles. The van der Waals surface area contributed by atoms with Crippen LogP contribution in [0.4, 0.5) is 0 Å². The minimum atomic E-state index is -4.84. The lowest BCUT2D eigenvalue weighted by Crippen LogP contribution is -2.53. The van der Waals surface area contributed by atoms with Crippen molar-refractivity contribution in [3.8, 4) is 0 Å². The van der Waals surface area contributed by atoms with Crippen LogP contribution < -0.4 is 0 Å². The summed E-state index contributed by atoms with van der Waals surface area (Å²) in [5.41, 5.74) is -1.49. The lowest BCUT2D eigenvalue weighted by molar-refractivity contribution is -0.420. The molecule has 2 aromatic rings. The average molecular weight is 588 g/mol. The van der Waals surface area contributed by atoms with Crippen LogP contribution in [-0.4, -0.2) is 49.1 Å². The Morgan fingerprint density at radius 2 is 1.56 bits per heavy atom. The Kier molecular flexibility index (Phi) is 15.4. The molecule has 0 spiro atoms. The van der Waals surface area contributed by atoms with Gasteiger partial charge in [0.1, 0.15) is 17.8 Å². The summed E-state index contributed by atoms with van der Waals surface area (Å²) in [6, 6.07) is 17.8. The van der Waals surface area contributed by atoms with Gasteiger partial charge in [-0.2, -0.15) is 8.42 Å². The number of rotatable bonds is 16. The second-order valence-electron chi connectivity index (χ2n) is 8.76. The van der Waals surface area contributed by atoms with Crippen molar-refractivity contribution in [3.63, 3.8) is 0 Å². The second kappa shape index (κ2) is 17.8. The number of carbonyl (C=O) groups is 1. The van der Waals surface area contributed by atoms with Gasteiger partial charge >= 0.3 is 10.1 Å². The predicted octanol–water partition coefficient (Wildman–Crippen LogP) is 4.90. The van der Waals surface area contributed by atoms with E-state index in [-0.39, 0.29) is 19.5 Å². The molecule has 2 aromatic carbocycles. The molecule has 11 heteroatoms. The van der Waals surface area contributed by atoms with Crippen LogP contribution in [0.25, 0.3) is 0 Å². The summed E-state index contributed by atoms with van der Waals surface area (Å²) in [5.74, 6) is 0. The number of hydrogen-bond donors (Lipinski definition) is 1. The smallest absolute Gasteiger partial charge is 0.304 e. The summed E-state index contributed by atoms with van der Waals surface area (Å²) >= 11 is 0. The summed E-state index contributed by atoms with van der Waals surface area (Å²) in [5, 5.41) is 22.4. The molecule has 0 aliphatic heterocycles. The van der Waals surface area contributed by atoms with Gasteiger partial charge in [0.2, 0.25) is 0 Å². The summed E-state index contributed by atoms with van der Waals surface area (Å²) in [6.45, 7) is 10.6. The summed E-state index contributed by atoms with van der Waals surface area (Å²) in [7, 11) is -4.84. The Morgan fingerprint density at radius 3 is 2.00 bits per heavy atom. The van der Waals surface area contributed by atoms with Crippen LogP contribution in [0.15, 0.2) is 109 Å². The number of benzene rings is 2. The third kappa shape index (κ3) is 11.7. The first-order valence-electron chi connectivity index (χ1n) is 12.6. The molecule has 0 bridgehead atoms. The maximum atomic E-state index is 13.3. The van der Waals surface area contributed by atoms with Crippen LogP contribution >= 0.6 is 0 Å². The molecule has 0 saturated carbocycles. The number of nitro groups is 1. The molecule has 41 heavy (non-hydrogen) atoms. The number of carbonyl (C=O) groups excluding carboxylic acids is 1. The van der Waals surface area contributed by atoms with E-state index in [1.165, 1.54) is 6.92 Å². The van der Waals surface area contributed by atoms with Crippen LogP contribution in [0, 0.1) is 10.1 Å². The predicted molar refractivity (Wildman–Crippen MR) is 156 cm³/mol.